The Bertz CT molecular complexity index is 702. The van der Waals surface area contributed by atoms with E-state index >= 15 is 0 Å². The average molecular weight is 275 g/mol. The first-order valence-corrected chi connectivity index (χ1v) is 9.72. The Morgan fingerprint density at radius 3 is 2.35 bits per heavy atom. The fourth-order valence-electron chi connectivity index (χ4n) is 2.98. The van der Waals surface area contributed by atoms with Gasteiger partial charge >= 0.3 is 0 Å². The molecule has 0 saturated heterocycles. The zero-order valence-electron chi connectivity index (χ0n) is 12.3. The highest BCUT2D eigenvalue weighted by Crippen LogP contribution is 2.34. The Balaban J connectivity index is 2.27. The molecular weight excluding hydrogens is 256 g/mol. The average Bonchev–Trinajstić information content (AvgIpc) is 2.86. The van der Waals surface area contributed by atoms with E-state index in [1.54, 1.807) is 5.17 Å². The van der Waals surface area contributed by atoms with Crippen LogP contribution in [0.15, 0.2) is 54.1 Å². The minimum absolute atomic E-state index is 0.496. The third kappa shape index (κ3) is 2.12. The molecular formula is C19H19Si. The standard InChI is InChI=1S/C19H19Si/c1-4-14-13-16-11-8-12-17(15-9-6-5-7-10-15)18(16)19(14)20(2)3/h5-12H,4H2,1-3H3. The SMILES string of the molecule is CCC1=[C]c2cccc(-c3ccccc3)c2C1=[Si](C)C. The fourth-order valence-corrected chi connectivity index (χ4v) is 4.59. The number of hydrogen-bond acceptors (Lipinski definition) is 0. The predicted octanol–water partition coefficient (Wildman–Crippen LogP) is 4.71. The maximum absolute atomic E-state index is 3.63. The first-order valence-electron chi connectivity index (χ1n) is 7.22. The van der Waals surface area contributed by atoms with Crippen LogP contribution in [0, 0.1) is 6.08 Å². The molecule has 0 aliphatic heterocycles. The molecule has 1 radical (unpaired) electrons. The smallest absolute Gasteiger partial charge is 0.0140 e. The molecule has 0 aromatic heterocycles. The lowest BCUT2D eigenvalue weighted by Crippen LogP contribution is -2.12. The van der Waals surface area contributed by atoms with Gasteiger partial charge in [-0.1, -0.05) is 68.5 Å². The Kier molecular flexibility index (Phi) is 3.54. The van der Waals surface area contributed by atoms with Crippen molar-refractivity contribution in [1.29, 1.82) is 0 Å². The van der Waals surface area contributed by atoms with Crippen molar-refractivity contribution >= 4 is 13.6 Å². The van der Waals surface area contributed by atoms with Crippen LogP contribution >= 0.6 is 0 Å². The van der Waals surface area contributed by atoms with E-state index in [1.165, 1.54) is 27.8 Å². The summed E-state index contributed by atoms with van der Waals surface area (Å²) in [5.41, 5.74) is 6.81. The highest BCUT2D eigenvalue weighted by atomic mass is 28.2. The number of benzene rings is 2. The van der Waals surface area contributed by atoms with Crippen LogP contribution < -0.4 is 0 Å². The zero-order chi connectivity index (χ0) is 14.1. The van der Waals surface area contributed by atoms with Gasteiger partial charge in [-0.15, -0.1) is 0 Å². The van der Waals surface area contributed by atoms with Crippen LogP contribution in [0.4, 0.5) is 0 Å². The van der Waals surface area contributed by atoms with Crippen LogP contribution in [0.3, 0.4) is 0 Å². The van der Waals surface area contributed by atoms with Crippen molar-refractivity contribution in [2.75, 3.05) is 0 Å². The molecule has 0 amide bonds. The lowest BCUT2D eigenvalue weighted by atomic mass is 9.95. The van der Waals surface area contributed by atoms with Crippen molar-refractivity contribution in [3.63, 3.8) is 0 Å². The molecule has 1 heteroatoms. The lowest BCUT2D eigenvalue weighted by Gasteiger charge is -2.14. The minimum Gasteiger partial charge on any atom is -0.0622 e. The second-order valence-electron chi connectivity index (χ2n) is 5.43. The van der Waals surface area contributed by atoms with Gasteiger partial charge in [-0.2, -0.15) is 0 Å². The van der Waals surface area contributed by atoms with Crippen molar-refractivity contribution < 1.29 is 0 Å². The van der Waals surface area contributed by atoms with Gasteiger partial charge in [0.2, 0.25) is 0 Å². The van der Waals surface area contributed by atoms with Crippen LogP contribution in [-0.2, 0) is 0 Å². The van der Waals surface area contributed by atoms with Crippen molar-refractivity contribution in [2.45, 2.75) is 26.4 Å². The second kappa shape index (κ2) is 5.33. The Morgan fingerprint density at radius 2 is 1.70 bits per heavy atom. The van der Waals surface area contributed by atoms with Crippen molar-refractivity contribution in [3.05, 3.63) is 71.3 Å². The number of hydrogen-bond donors (Lipinski definition) is 0. The summed E-state index contributed by atoms with van der Waals surface area (Å²) in [6.45, 7) is 7.00. The summed E-state index contributed by atoms with van der Waals surface area (Å²) in [5, 5.41) is 1.58. The summed E-state index contributed by atoms with van der Waals surface area (Å²) < 4.78 is 0. The van der Waals surface area contributed by atoms with Crippen molar-refractivity contribution in [2.24, 2.45) is 0 Å². The maximum Gasteiger partial charge on any atom is 0.0140 e. The minimum atomic E-state index is -0.496. The van der Waals surface area contributed by atoms with Gasteiger partial charge in [0.25, 0.3) is 0 Å². The van der Waals surface area contributed by atoms with E-state index in [0.717, 1.165) is 6.42 Å². The molecule has 0 N–H and O–H groups in total. The van der Waals surface area contributed by atoms with E-state index in [2.05, 4.69) is 74.6 Å². The molecule has 99 valence electrons. The quantitative estimate of drug-likeness (QED) is 0.696. The fraction of sp³-hybridized carbons (Fsp3) is 0.211. The highest BCUT2D eigenvalue weighted by molar-refractivity contribution is 6.75. The van der Waals surface area contributed by atoms with Gasteiger partial charge in [0, 0.05) is 8.41 Å². The first-order chi connectivity index (χ1) is 9.72. The van der Waals surface area contributed by atoms with Crippen molar-refractivity contribution in [1.82, 2.24) is 0 Å². The lowest BCUT2D eigenvalue weighted by molar-refractivity contribution is 1.18. The van der Waals surface area contributed by atoms with E-state index in [0.29, 0.717) is 0 Å². The molecule has 0 nitrogen and oxygen atoms in total. The molecule has 2 aromatic rings. The Morgan fingerprint density at radius 1 is 0.950 bits per heavy atom. The summed E-state index contributed by atoms with van der Waals surface area (Å²) in [6, 6.07) is 17.3. The topological polar surface area (TPSA) is 0 Å². The van der Waals surface area contributed by atoms with Gasteiger partial charge in [0.15, 0.2) is 0 Å². The highest BCUT2D eigenvalue weighted by Gasteiger charge is 2.22. The normalized spacial score (nSPS) is 13.2. The molecule has 0 spiro atoms. The van der Waals surface area contributed by atoms with E-state index < -0.39 is 8.41 Å². The van der Waals surface area contributed by atoms with E-state index in [1.807, 2.05) is 0 Å². The number of rotatable bonds is 2. The van der Waals surface area contributed by atoms with E-state index in [9.17, 15) is 0 Å². The third-order valence-electron chi connectivity index (χ3n) is 3.84. The molecule has 0 atom stereocenters. The summed E-state index contributed by atoms with van der Waals surface area (Å²) in [6.07, 6.45) is 4.71. The second-order valence-corrected chi connectivity index (χ2v) is 7.93. The van der Waals surface area contributed by atoms with Gasteiger partial charge in [-0.05, 0) is 45.5 Å². The van der Waals surface area contributed by atoms with Crippen molar-refractivity contribution in [3.8, 4) is 11.1 Å². The Hall–Kier alpha value is -1.73. The monoisotopic (exact) mass is 275 g/mol. The maximum atomic E-state index is 3.63. The van der Waals surface area contributed by atoms with Crippen LogP contribution in [0.5, 0.6) is 0 Å². The molecule has 3 rings (SSSR count). The molecule has 0 heterocycles. The summed E-state index contributed by atoms with van der Waals surface area (Å²) in [5.74, 6) is 0. The number of allylic oxidation sites excluding steroid dienone is 1. The summed E-state index contributed by atoms with van der Waals surface area (Å²) >= 11 is 0. The molecule has 2 aromatic carbocycles. The van der Waals surface area contributed by atoms with Gasteiger partial charge in [0.05, 0.1) is 0 Å². The molecule has 1 aliphatic rings. The predicted molar refractivity (Wildman–Crippen MR) is 89.6 cm³/mol. The Labute approximate surface area is 123 Å². The molecule has 0 fully saturated rings. The first kappa shape index (κ1) is 13.3. The molecule has 20 heavy (non-hydrogen) atoms. The zero-order valence-corrected chi connectivity index (χ0v) is 13.3. The van der Waals surface area contributed by atoms with Gasteiger partial charge in [-0.25, -0.2) is 0 Å². The van der Waals surface area contributed by atoms with Crippen LogP contribution in [-0.4, -0.2) is 13.6 Å². The van der Waals surface area contributed by atoms with Gasteiger partial charge < -0.3 is 0 Å². The number of fused-ring (bicyclic) bond motifs is 1. The largest absolute Gasteiger partial charge is 0.0622 e. The summed E-state index contributed by atoms with van der Waals surface area (Å²) in [4.78, 5) is 0. The van der Waals surface area contributed by atoms with E-state index in [-0.39, 0.29) is 0 Å². The van der Waals surface area contributed by atoms with E-state index in [4.69, 9.17) is 0 Å². The molecule has 0 unspecified atom stereocenters. The third-order valence-corrected chi connectivity index (χ3v) is 5.39. The molecule has 0 saturated carbocycles. The van der Waals surface area contributed by atoms with Gasteiger partial charge in [0.1, 0.15) is 0 Å². The van der Waals surface area contributed by atoms with Crippen LogP contribution in [0.1, 0.15) is 24.5 Å². The summed E-state index contributed by atoms with van der Waals surface area (Å²) in [7, 11) is -0.496. The molecule has 1 aliphatic carbocycles. The van der Waals surface area contributed by atoms with Crippen LogP contribution in [0.25, 0.3) is 11.1 Å². The molecule has 0 bridgehead atoms. The van der Waals surface area contributed by atoms with Crippen LogP contribution in [0.2, 0.25) is 13.1 Å². The van der Waals surface area contributed by atoms with Gasteiger partial charge in [-0.3, -0.25) is 0 Å².